The second kappa shape index (κ2) is 4.09. The Morgan fingerprint density at radius 1 is 0.889 bits per heavy atom. The molecule has 2 aromatic rings. The van der Waals surface area contributed by atoms with Crippen molar-refractivity contribution >= 4 is 5.78 Å². The number of Topliss-reactive ketones (excluding diaryl/α,β-unsaturated/α-hetero) is 1. The van der Waals surface area contributed by atoms with Crippen LogP contribution >= 0.6 is 0 Å². The maximum atomic E-state index is 12.0. The highest BCUT2D eigenvalue weighted by Gasteiger charge is 2.20. The van der Waals surface area contributed by atoms with Crippen molar-refractivity contribution in [3.8, 4) is 11.1 Å². The zero-order valence-corrected chi connectivity index (χ0v) is 10.8. The first kappa shape index (κ1) is 11.2. The van der Waals surface area contributed by atoms with Gasteiger partial charge in [0, 0.05) is 12.8 Å². The molecule has 0 saturated carbocycles. The molecule has 3 rings (SSSR count). The summed E-state index contributed by atoms with van der Waals surface area (Å²) in [5.41, 5.74) is 7.44. The summed E-state index contributed by atoms with van der Waals surface area (Å²) >= 11 is 0. The minimum atomic E-state index is 0.310. The van der Waals surface area contributed by atoms with E-state index in [2.05, 4.69) is 44.2 Å². The fourth-order valence-corrected chi connectivity index (χ4v) is 2.80. The molecular weight excluding hydrogens is 220 g/mol. The van der Waals surface area contributed by atoms with Crippen LogP contribution < -0.4 is 0 Å². The predicted octanol–water partition coefficient (Wildman–Crippen LogP) is 3.64. The van der Waals surface area contributed by atoms with Crippen LogP contribution in [0.3, 0.4) is 0 Å². The Hall–Kier alpha value is -1.89. The van der Waals surface area contributed by atoms with Crippen LogP contribution in [0.5, 0.6) is 0 Å². The monoisotopic (exact) mass is 236 g/mol. The molecule has 0 aromatic heterocycles. The Labute approximate surface area is 107 Å². The van der Waals surface area contributed by atoms with E-state index < -0.39 is 0 Å². The van der Waals surface area contributed by atoms with Gasteiger partial charge in [0.25, 0.3) is 0 Å². The molecule has 0 atom stereocenters. The molecule has 18 heavy (non-hydrogen) atoms. The van der Waals surface area contributed by atoms with Crippen LogP contribution in [0.2, 0.25) is 0 Å². The Morgan fingerprint density at radius 2 is 1.61 bits per heavy atom. The first-order valence-corrected chi connectivity index (χ1v) is 6.36. The lowest BCUT2D eigenvalue weighted by Gasteiger charge is -2.14. The molecule has 0 spiro atoms. The summed E-state index contributed by atoms with van der Waals surface area (Å²) in [6.07, 6.45) is 1.12. The van der Waals surface area contributed by atoms with Crippen molar-refractivity contribution in [1.82, 2.24) is 0 Å². The van der Waals surface area contributed by atoms with Gasteiger partial charge in [0.2, 0.25) is 0 Å². The number of hydrogen-bond acceptors (Lipinski definition) is 1. The fourth-order valence-electron chi connectivity index (χ4n) is 2.80. The van der Waals surface area contributed by atoms with Crippen molar-refractivity contribution in [2.24, 2.45) is 0 Å². The van der Waals surface area contributed by atoms with Gasteiger partial charge < -0.3 is 0 Å². The van der Waals surface area contributed by atoms with Crippen molar-refractivity contribution in [3.63, 3.8) is 0 Å². The molecule has 0 fully saturated rings. The predicted molar refractivity (Wildman–Crippen MR) is 73.8 cm³/mol. The first-order valence-electron chi connectivity index (χ1n) is 6.36. The number of benzene rings is 2. The van der Waals surface area contributed by atoms with Crippen molar-refractivity contribution in [2.45, 2.75) is 26.7 Å². The maximum absolute atomic E-state index is 12.0. The molecule has 0 heterocycles. The highest BCUT2D eigenvalue weighted by molar-refractivity contribution is 5.91. The van der Waals surface area contributed by atoms with Crippen LogP contribution in [-0.4, -0.2) is 5.78 Å². The molecule has 2 aromatic carbocycles. The zero-order valence-electron chi connectivity index (χ0n) is 10.8. The van der Waals surface area contributed by atoms with Crippen LogP contribution in [0.4, 0.5) is 0 Å². The average molecular weight is 236 g/mol. The normalized spacial score (nSPS) is 13.8. The third kappa shape index (κ3) is 1.67. The van der Waals surface area contributed by atoms with E-state index in [1.807, 2.05) is 6.07 Å². The summed E-state index contributed by atoms with van der Waals surface area (Å²) < 4.78 is 0. The summed E-state index contributed by atoms with van der Waals surface area (Å²) in [4.78, 5) is 12.0. The Balaban J connectivity index is 2.37. The van der Waals surface area contributed by atoms with Gasteiger partial charge in [0.1, 0.15) is 5.78 Å². The number of hydrogen-bond donors (Lipinski definition) is 0. The molecule has 90 valence electrons. The number of rotatable bonds is 0. The number of ketones is 1. The Bertz CT molecular complexity index is 638. The average Bonchev–Trinajstić information content (AvgIpc) is 2.49. The smallest absolute Gasteiger partial charge is 0.141 e. The minimum Gasteiger partial charge on any atom is -0.299 e. The summed E-state index contributed by atoms with van der Waals surface area (Å²) in [6, 6.07) is 12.5. The van der Waals surface area contributed by atoms with Crippen LogP contribution in [-0.2, 0) is 17.6 Å². The molecule has 1 heteroatoms. The van der Waals surface area contributed by atoms with E-state index in [0.717, 1.165) is 5.56 Å². The molecule has 0 unspecified atom stereocenters. The van der Waals surface area contributed by atoms with E-state index in [9.17, 15) is 4.79 Å². The van der Waals surface area contributed by atoms with Gasteiger partial charge in [0.15, 0.2) is 0 Å². The van der Waals surface area contributed by atoms with Crippen LogP contribution in [0, 0.1) is 13.8 Å². The summed E-state index contributed by atoms with van der Waals surface area (Å²) in [6.45, 7) is 4.28. The van der Waals surface area contributed by atoms with Gasteiger partial charge in [-0.2, -0.15) is 0 Å². The number of aryl methyl sites for hydroxylation is 1. The quantitative estimate of drug-likeness (QED) is 0.682. The molecule has 0 radical (unpaired) electrons. The van der Waals surface area contributed by atoms with Crippen molar-refractivity contribution in [1.29, 1.82) is 0 Å². The lowest BCUT2D eigenvalue weighted by atomic mass is 9.90. The van der Waals surface area contributed by atoms with E-state index >= 15 is 0 Å². The largest absolute Gasteiger partial charge is 0.299 e. The minimum absolute atomic E-state index is 0.310. The van der Waals surface area contributed by atoms with Gasteiger partial charge in [-0.05, 0) is 47.2 Å². The van der Waals surface area contributed by atoms with Gasteiger partial charge in [-0.1, -0.05) is 36.4 Å². The molecule has 1 aliphatic rings. The van der Waals surface area contributed by atoms with Crippen LogP contribution in [0.15, 0.2) is 36.4 Å². The third-order valence-electron chi connectivity index (χ3n) is 3.88. The SMILES string of the molecule is Cc1ccc2c(c1C)-c1ccccc1CC(=O)C2. The van der Waals surface area contributed by atoms with Crippen molar-refractivity contribution < 1.29 is 4.79 Å². The second-order valence-corrected chi connectivity index (χ2v) is 5.09. The molecule has 0 bridgehead atoms. The van der Waals surface area contributed by atoms with E-state index in [4.69, 9.17) is 0 Å². The van der Waals surface area contributed by atoms with Gasteiger partial charge in [-0.3, -0.25) is 4.79 Å². The van der Waals surface area contributed by atoms with E-state index in [1.54, 1.807) is 0 Å². The summed E-state index contributed by atoms with van der Waals surface area (Å²) in [5, 5.41) is 0. The van der Waals surface area contributed by atoms with Gasteiger partial charge in [0.05, 0.1) is 0 Å². The zero-order chi connectivity index (χ0) is 12.7. The van der Waals surface area contributed by atoms with Gasteiger partial charge in [-0.15, -0.1) is 0 Å². The number of fused-ring (bicyclic) bond motifs is 3. The Morgan fingerprint density at radius 3 is 2.44 bits per heavy atom. The van der Waals surface area contributed by atoms with Gasteiger partial charge >= 0.3 is 0 Å². The molecule has 0 aliphatic heterocycles. The fraction of sp³-hybridized carbons (Fsp3) is 0.235. The summed E-state index contributed by atoms with van der Waals surface area (Å²) in [5.74, 6) is 0.310. The highest BCUT2D eigenvalue weighted by atomic mass is 16.1. The first-order chi connectivity index (χ1) is 8.66. The van der Waals surface area contributed by atoms with Crippen LogP contribution in [0.1, 0.15) is 22.3 Å². The number of carbonyl (C=O) groups is 1. The van der Waals surface area contributed by atoms with E-state index in [0.29, 0.717) is 18.6 Å². The second-order valence-electron chi connectivity index (χ2n) is 5.09. The molecule has 0 saturated heterocycles. The topological polar surface area (TPSA) is 17.1 Å². The molecule has 0 N–H and O–H groups in total. The Kier molecular flexibility index (Phi) is 2.55. The standard InChI is InChI=1S/C17H16O/c1-11-7-8-14-10-15(18)9-13-5-3-4-6-16(13)17(14)12(11)2/h3-8H,9-10H2,1-2H3. The van der Waals surface area contributed by atoms with E-state index in [1.165, 1.54) is 27.8 Å². The third-order valence-corrected chi connectivity index (χ3v) is 3.88. The summed E-state index contributed by atoms with van der Waals surface area (Å²) in [7, 11) is 0. The van der Waals surface area contributed by atoms with Crippen molar-refractivity contribution in [3.05, 3.63) is 58.7 Å². The van der Waals surface area contributed by atoms with Crippen LogP contribution in [0.25, 0.3) is 11.1 Å². The van der Waals surface area contributed by atoms with E-state index in [-0.39, 0.29) is 0 Å². The molecule has 1 aliphatic carbocycles. The molecule has 1 nitrogen and oxygen atoms in total. The lowest BCUT2D eigenvalue weighted by Crippen LogP contribution is -2.04. The van der Waals surface area contributed by atoms with Crippen molar-refractivity contribution in [2.75, 3.05) is 0 Å². The number of carbonyl (C=O) groups excluding carboxylic acids is 1. The molecule has 0 amide bonds. The van der Waals surface area contributed by atoms with Gasteiger partial charge in [-0.25, -0.2) is 0 Å². The lowest BCUT2D eigenvalue weighted by molar-refractivity contribution is -0.117. The highest BCUT2D eigenvalue weighted by Crippen LogP contribution is 2.35. The molecular formula is C17H16O. The maximum Gasteiger partial charge on any atom is 0.141 e.